The molecule has 2 heterocycles. The van der Waals surface area contributed by atoms with E-state index in [0.717, 1.165) is 39.1 Å². The Morgan fingerprint density at radius 2 is 1.83 bits per heavy atom. The molecule has 0 saturated heterocycles. The third-order valence-electron chi connectivity index (χ3n) is 4.53. The molecule has 1 aromatic carbocycles. The quantitative estimate of drug-likeness (QED) is 0.475. The van der Waals surface area contributed by atoms with Crippen LogP contribution in [0.15, 0.2) is 53.9 Å². The molecule has 0 saturated carbocycles. The van der Waals surface area contributed by atoms with Crippen LogP contribution in [0.25, 0.3) is 0 Å². The monoisotopic (exact) mass is 407 g/mol. The summed E-state index contributed by atoms with van der Waals surface area (Å²) in [5.74, 6) is 1.59. The number of benzene rings is 1. The smallest absolute Gasteiger partial charge is 0.251 e. The third-order valence-corrected chi connectivity index (χ3v) is 5.44. The Morgan fingerprint density at radius 1 is 1.07 bits per heavy atom. The zero-order chi connectivity index (χ0) is 20.8. The molecule has 1 amide bonds. The van der Waals surface area contributed by atoms with Crippen LogP contribution in [-0.4, -0.2) is 35.0 Å². The number of rotatable bonds is 7. The molecule has 0 spiro atoms. The van der Waals surface area contributed by atoms with Crippen LogP contribution in [-0.2, 0) is 12.3 Å². The summed E-state index contributed by atoms with van der Waals surface area (Å²) in [6.07, 6.45) is 3.46. The van der Waals surface area contributed by atoms with Crippen LogP contribution in [0.3, 0.4) is 0 Å². The van der Waals surface area contributed by atoms with Crippen molar-refractivity contribution in [2.24, 2.45) is 0 Å². The van der Waals surface area contributed by atoms with E-state index in [4.69, 9.17) is 0 Å². The van der Waals surface area contributed by atoms with Crippen molar-refractivity contribution in [2.75, 3.05) is 19.0 Å². The van der Waals surface area contributed by atoms with E-state index in [0.29, 0.717) is 12.1 Å². The molecule has 0 fully saturated rings. The number of aryl methyl sites for hydroxylation is 1. The average molecular weight is 408 g/mol. The maximum Gasteiger partial charge on any atom is 0.251 e. The van der Waals surface area contributed by atoms with Gasteiger partial charge in [-0.15, -0.1) is 0 Å². The fourth-order valence-electron chi connectivity index (χ4n) is 2.78. The molecule has 0 atom stereocenters. The van der Waals surface area contributed by atoms with Gasteiger partial charge in [-0.1, -0.05) is 30.0 Å². The largest absolute Gasteiger partial charge is 0.362 e. The molecule has 150 valence electrons. The first-order chi connectivity index (χ1) is 13.9. The first-order valence-corrected chi connectivity index (χ1v) is 10.3. The van der Waals surface area contributed by atoms with Crippen LogP contribution < -0.4 is 10.2 Å². The summed E-state index contributed by atoms with van der Waals surface area (Å²) >= 11 is 1.59. The Bertz CT molecular complexity index is 974. The van der Waals surface area contributed by atoms with Crippen LogP contribution in [0.5, 0.6) is 0 Å². The number of hydrogen-bond donors (Lipinski definition) is 1. The molecule has 0 aliphatic rings. The van der Waals surface area contributed by atoms with Gasteiger partial charge in [-0.3, -0.25) is 9.78 Å². The average Bonchev–Trinajstić information content (AvgIpc) is 2.73. The van der Waals surface area contributed by atoms with Gasteiger partial charge >= 0.3 is 0 Å². The van der Waals surface area contributed by atoms with Crippen LogP contribution in [0.2, 0.25) is 0 Å². The highest BCUT2D eigenvalue weighted by atomic mass is 32.2. The van der Waals surface area contributed by atoms with E-state index in [9.17, 15) is 4.79 Å². The second-order valence-electron chi connectivity index (χ2n) is 6.96. The Morgan fingerprint density at radius 3 is 2.48 bits per heavy atom. The summed E-state index contributed by atoms with van der Waals surface area (Å²) in [6, 6.07) is 11.4. The second kappa shape index (κ2) is 9.52. The highest BCUT2D eigenvalue weighted by molar-refractivity contribution is 7.98. The van der Waals surface area contributed by atoms with Gasteiger partial charge in [0, 0.05) is 55.6 Å². The topological polar surface area (TPSA) is 71.0 Å². The van der Waals surface area contributed by atoms with E-state index in [2.05, 4.69) is 20.3 Å². The van der Waals surface area contributed by atoms with Crippen LogP contribution >= 0.6 is 11.8 Å². The molecule has 6 nitrogen and oxygen atoms in total. The molecule has 0 radical (unpaired) electrons. The summed E-state index contributed by atoms with van der Waals surface area (Å²) in [4.78, 5) is 27.6. The molecule has 29 heavy (non-hydrogen) atoms. The number of amides is 1. The van der Waals surface area contributed by atoms with Crippen molar-refractivity contribution in [2.45, 2.75) is 31.3 Å². The summed E-state index contributed by atoms with van der Waals surface area (Å²) in [5, 5.41) is 3.67. The van der Waals surface area contributed by atoms with E-state index < -0.39 is 0 Å². The molecule has 0 bridgehead atoms. The molecule has 3 aromatic rings. The van der Waals surface area contributed by atoms with Crippen molar-refractivity contribution >= 4 is 23.5 Å². The van der Waals surface area contributed by atoms with Gasteiger partial charge in [-0.05, 0) is 43.2 Å². The Hall–Kier alpha value is -2.93. The Balaban J connectivity index is 1.59. The number of carbonyl (C=O) groups is 1. The first kappa shape index (κ1) is 20.8. The maximum absolute atomic E-state index is 12.3. The molecular formula is C22H25N5OS. The number of aromatic nitrogens is 3. The van der Waals surface area contributed by atoms with Crippen molar-refractivity contribution in [3.63, 3.8) is 0 Å². The second-order valence-corrected chi connectivity index (χ2v) is 7.91. The maximum atomic E-state index is 12.3. The van der Waals surface area contributed by atoms with Crippen LogP contribution in [0, 0.1) is 13.8 Å². The van der Waals surface area contributed by atoms with Crippen molar-refractivity contribution < 1.29 is 4.79 Å². The van der Waals surface area contributed by atoms with E-state index in [1.165, 1.54) is 0 Å². The highest BCUT2D eigenvalue weighted by Crippen LogP contribution is 2.25. The number of anilines is 1. The number of nitrogens with zero attached hydrogens (tertiary/aromatic N) is 4. The SMILES string of the molecule is Cc1nc(SCc2ccc(C(=O)NCc3cccnc3)cc2)nc(N(C)C)c1C. The highest BCUT2D eigenvalue weighted by Gasteiger charge is 2.11. The number of hydrogen-bond acceptors (Lipinski definition) is 6. The number of carbonyl (C=O) groups excluding carboxylic acids is 1. The Labute approximate surface area is 175 Å². The molecule has 7 heteroatoms. The predicted molar refractivity (Wildman–Crippen MR) is 117 cm³/mol. The Kier molecular flexibility index (Phi) is 6.82. The molecule has 0 unspecified atom stereocenters. The molecular weight excluding hydrogens is 382 g/mol. The third kappa shape index (κ3) is 5.54. The van der Waals surface area contributed by atoms with Gasteiger partial charge in [-0.2, -0.15) is 0 Å². The van der Waals surface area contributed by atoms with Crippen molar-refractivity contribution in [3.8, 4) is 0 Å². The number of pyridine rings is 1. The lowest BCUT2D eigenvalue weighted by Crippen LogP contribution is -2.22. The minimum Gasteiger partial charge on any atom is -0.362 e. The van der Waals surface area contributed by atoms with Crippen LogP contribution in [0.1, 0.15) is 32.7 Å². The molecule has 1 N–H and O–H groups in total. The zero-order valence-corrected chi connectivity index (χ0v) is 18.0. The lowest BCUT2D eigenvalue weighted by atomic mass is 10.1. The van der Waals surface area contributed by atoms with E-state index >= 15 is 0 Å². The standard InChI is InChI=1S/C22H25N5OS/c1-15-16(2)25-22(26-20(15)27(3)4)29-14-17-7-9-19(10-8-17)21(28)24-13-18-6-5-11-23-12-18/h5-12H,13-14H2,1-4H3,(H,24,28). The number of thioether (sulfide) groups is 1. The molecule has 0 aliphatic heterocycles. The zero-order valence-electron chi connectivity index (χ0n) is 17.1. The fraction of sp³-hybridized carbons (Fsp3) is 0.273. The van der Waals surface area contributed by atoms with Crippen molar-refractivity contribution in [1.82, 2.24) is 20.3 Å². The minimum absolute atomic E-state index is 0.0961. The van der Waals surface area contributed by atoms with Gasteiger partial charge in [0.2, 0.25) is 0 Å². The normalized spacial score (nSPS) is 10.6. The van der Waals surface area contributed by atoms with Crippen LogP contribution in [0.4, 0.5) is 5.82 Å². The first-order valence-electron chi connectivity index (χ1n) is 9.35. The summed E-state index contributed by atoms with van der Waals surface area (Å²) in [5.41, 5.74) is 4.82. The van der Waals surface area contributed by atoms with Gasteiger partial charge in [0.15, 0.2) is 5.16 Å². The van der Waals surface area contributed by atoms with Gasteiger partial charge < -0.3 is 10.2 Å². The molecule has 2 aromatic heterocycles. The minimum atomic E-state index is -0.0961. The van der Waals surface area contributed by atoms with Crippen molar-refractivity contribution in [3.05, 3.63) is 76.7 Å². The van der Waals surface area contributed by atoms with Gasteiger partial charge in [0.1, 0.15) is 5.82 Å². The van der Waals surface area contributed by atoms with Gasteiger partial charge in [0.05, 0.1) is 0 Å². The fourth-order valence-corrected chi connectivity index (χ4v) is 3.62. The molecule has 3 rings (SSSR count). The van der Waals surface area contributed by atoms with Crippen molar-refractivity contribution in [1.29, 1.82) is 0 Å². The lowest BCUT2D eigenvalue weighted by Gasteiger charge is -2.16. The van der Waals surface area contributed by atoms with E-state index in [1.807, 2.05) is 69.2 Å². The summed E-state index contributed by atoms with van der Waals surface area (Å²) in [6.45, 7) is 4.51. The summed E-state index contributed by atoms with van der Waals surface area (Å²) in [7, 11) is 3.97. The van der Waals surface area contributed by atoms with Gasteiger partial charge in [-0.25, -0.2) is 9.97 Å². The van der Waals surface area contributed by atoms with E-state index in [1.54, 1.807) is 24.2 Å². The van der Waals surface area contributed by atoms with Gasteiger partial charge in [0.25, 0.3) is 5.91 Å². The predicted octanol–water partition coefficient (Wildman–Crippen LogP) is 3.78. The number of nitrogens with one attached hydrogen (secondary N) is 1. The lowest BCUT2D eigenvalue weighted by molar-refractivity contribution is 0.0951. The molecule has 0 aliphatic carbocycles. The van der Waals surface area contributed by atoms with E-state index in [-0.39, 0.29) is 5.91 Å². The summed E-state index contributed by atoms with van der Waals surface area (Å²) < 4.78 is 0.